The molecule has 2 rings (SSSR count). The number of nitrogens with zero attached hydrogens (tertiary/aromatic N) is 1. The highest BCUT2D eigenvalue weighted by atomic mass is 35.5. The molecule has 0 bridgehead atoms. The monoisotopic (exact) mass is 323 g/mol. The molecule has 0 spiro atoms. The van der Waals surface area contributed by atoms with Gasteiger partial charge in [-0.1, -0.05) is 32.4 Å². The summed E-state index contributed by atoms with van der Waals surface area (Å²) in [6, 6.07) is 5.91. The highest BCUT2D eigenvalue weighted by Crippen LogP contribution is 2.24. The van der Waals surface area contributed by atoms with Crippen LogP contribution >= 0.6 is 11.6 Å². The highest BCUT2D eigenvalue weighted by Gasteiger charge is 2.36. The molecule has 1 unspecified atom stereocenters. The summed E-state index contributed by atoms with van der Waals surface area (Å²) in [6.45, 7) is 6.26. The average molecular weight is 324 g/mol. The van der Waals surface area contributed by atoms with Crippen LogP contribution in [0.5, 0.6) is 0 Å². The van der Waals surface area contributed by atoms with Crippen LogP contribution in [0.1, 0.15) is 27.2 Å². The Morgan fingerprint density at radius 1 is 1.36 bits per heavy atom. The summed E-state index contributed by atoms with van der Waals surface area (Å²) in [7, 11) is 0. The molecule has 0 radical (unpaired) electrons. The summed E-state index contributed by atoms with van der Waals surface area (Å²) in [6.07, 6.45) is 0.573. The number of hydrogen-bond acceptors (Lipinski definition) is 3. The first kappa shape index (κ1) is 16.8. The molecule has 3 N–H and O–H groups in total. The largest absolute Gasteiger partial charge is 0.343 e. The SMILES string of the molecule is CC(C)(C)[C@H](N)C(=O)NC1CCN(c2ccc(Cl)cc2)C1=O. The Kier molecular flexibility index (Phi) is 4.78. The third-order valence-electron chi connectivity index (χ3n) is 3.88. The van der Waals surface area contributed by atoms with Gasteiger partial charge in [-0.2, -0.15) is 0 Å². The summed E-state index contributed by atoms with van der Waals surface area (Å²) in [5.41, 5.74) is 6.37. The van der Waals surface area contributed by atoms with Crippen molar-refractivity contribution in [2.45, 2.75) is 39.3 Å². The van der Waals surface area contributed by atoms with E-state index in [0.717, 1.165) is 5.69 Å². The molecule has 22 heavy (non-hydrogen) atoms. The molecule has 0 aliphatic carbocycles. The zero-order valence-corrected chi connectivity index (χ0v) is 13.9. The third kappa shape index (κ3) is 3.59. The van der Waals surface area contributed by atoms with Crippen LogP contribution in [0, 0.1) is 5.41 Å². The van der Waals surface area contributed by atoms with Gasteiger partial charge in [-0.25, -0.2) is 0 Å². The molecule has 1 aromatic carbocycles. The second-order valence-electron chi connectivity index (χ2n) is 6.66. The summed E-state index contributed by atoms with van der Waals surface area (Å²) in [5, 5.41) is 3.39. The van der Waals surface area contributed by atoms with Crippen molar-refractivity contribution in [1.82, 2.24) is 5.32 Å². The Bertz CT molecular complexity index is 566. The van der Waals surface area contributed by atoms with Gasteiger partial charge in [0.05, 0.1) is 6.04 Å². The Labute approximate surface area is 135 Å². The maximum absolute atomic E-state index is 12.4. The maximum Gasteiger partial charge on any atom is 0.249 e. The van der Waals surface area contributed by atoms with Gasteiger partial charge in [-0.3, -0.25) is 9.59 Å². The van der Waals surface area contributed by atoms with E-state index in [1.165, 1.54) is 0 Å². The van der Waals surface area contributed by atoms with E-state index in [4.69, 9.17) is 17.3 Å². The fourth-order valence-electron chi connectivity index (χ4n) is 2.35. The molecule has 5 nitrogen and oxygen atoms in total. The second kappa shape index (κ2) is 6.26. The normalized spacial score (nSPS) is 20.1. The molecule has 0 aromatic heterocycles. The number of carbonyl (C=O) groups is 2. The molecule has 1 aromatic rings. The van der Waals surface area contributed by atoms with Gasteiger partial charge in [0.1, 0.15) is 6.04 Å². The van der Waals surface area contributed by atoms with E-state index < -0.39 is 12.1 Å². The van der Waals surface area contributed by atoms with Crippen LogP contribution in [-0.2, 0) is 9.59 Å². The van der Waals surface area contributed by atoms with E-state index in [0.29, 0.717) is 18.0 Å². The molecule has 2 atom stereocenters. The molecule has 2 amide bonds. The lowest BCUT2D eigenvalue weighted by atomic mass is 9.87. The molecule has 1 fully saturated rings. The van der Waals surface area contributed by atoms with Crippen molar-refractivity contribution >= 4 is 29.1 Å². The third-order valence-corrected chi connectivity index (χ3v) is 4.13. The lowest BCUT2D eigenvalue weighted by molar-refractivity contribution is -0.128. The molecule has 1 heterocycles. The van der Waals surface area contributed by atoms with E-state index in [-0.39, 0.29) is 17.2 Å². The predicted molar refractivity (Wildman–Crippen MR) is 87.8 cm³/mol. The van der Waals surface area contributed by atoms with Gasteiger partial charge in [-0.05, 0) is 36.1 Å². The van der Waals surface area contributed by atoms with E-state index in [2.05, 4.69) is 5.32 Å². The smallest absolute Gasteiger partial charge is 0.249 e. The first-order chi connectivity index (χ1) is 10.2. The van der Waals surface area contributed by atoms with Gasteiger partial charge < -0.3 is 16.0 Å². The van der Waals surface area contributed by atoms with E-state index in [1.807, 2.05) is 20.8 Å². The molecule has 1 aliphatic rings. The van der Waals surface area contributed by atoms with Crippen molar-refractivity contribution in [2.75, 3.05) is 11.4 Å². The average Bonchev–Trinajstić information content (AvgIpc) is 2.79. The lowest BCUT2D eigenvalue weighted by Gasteiger charge is -2.27. The number of halogens is 1. The van der Waals surface area contributed by atoms with Crippen molar-refractivity contribution in [2.24, 2.45) is 11.1 Å². The molecule has 1 aliphatic heterocycles. The number of nitrogens with one attached hydrogen (secondary N) is 1. The minimum atomic E-state index is -0.648. The predicted octanol–water partition coefficient (Wildman–Crippen LogP) is 1.93. The van der Waals surface area contributed by atoms with Crippen molar-refractivity contribution in [3.8, 4) is 0 Å². The van der Waals surface area contributed by atoms with Crippen LogP contribution in [0.2, 0.25) is 5.02 Å². The van der Waals surface area contributed by atoms with E-state index in [1.54, 1.807) is 29.2 Å². The van der Waals surface area contributed by atoms with Gasteiger partial charge >= 0.3 is 0 Å². The first-order valence-corrected chi connectivity index (χ1v) is 7.71. The molecule has 6 heteroatoms. The maximum atomic E-state index is 12.4. The molecule has 1 saturated heterocycles. The van der Waals surface area contributed by atoms with Crippen LogP contribution in [0.25, 0.3) is 0 Å². The van der Waals surface area contributed by atoms with Crippen molar-refractivity contribution in [3.63, 3.8) is 0 Å². The number of carbonyl (C=O) groups excluding carboxylic acids is 2. The van der Waals surface area contributed by atoms with E-state index in [9.17, 15) is 9.59 Å². The molecular formula is C16H22ClN3O2. The van der Waals surface area contributed by atoms with Crippen molar-refractivity contribution < 1.29 is 9.59 Å². The molecule has 0 saturated carbocycles. The second-order valence-corrected chi connectivity index (χ2v) is 7.10. The van der Waals surface area contributed by atoms with Crippen molar-refractivity contribution in [1.29, 1.82) is 0 Å². The van der Waals surface area contributed by atoms with Crippen molar-refractivity contribution in [3.05, 3.63) is 29.3 Å². The van der Waals surface area contributed by atoms with Crippen LogP contribution in [0.3, 0.4) is 0 Å². The lowest BCUT2D eigenvalue weighted by Crippen LogP contribution is -2.53. The van der Waals surface area contributed by atoms with Gasteiger partial charge in [0.2, 0.25) is 11.8 Å². The Balaban J connectivity index is 2.03. The van der Waals surface area contributed by atoms with Crippen LogP contribution in [-0.4, -0.2) is 30.4 Å². The fourth-order valence-corrected chi connectivity index (χ4v) is 2.47. The topological polar surface area (TPSA) is 75.4 Å². The standard InChI is InChI=1S/C16H22ClN3O2/c1-16(2,3)13(18)14(21)19-12-8-9-20(15(12)22)11-6-4-10(17)5-7-11/h4-7,12-13H,8-9,18H2,1-3H3,(H,19,21)/t12?,13-/m1/s1. The Morgan fingerprint density at radius 3 is 2.50 bits per heavy atom. The van der Waals surface area contributed by atoms with Gasteiger partial charge in [-0.15, -0.1) is 0 Å². The quantitative estimate of drug-likeness (QED) is 0.892. The van der Waals surface area contributed by atoms with Gasteiger partial charge in [0, 0.05) is 17.3 Å². The number of benzene rings is 1. The zero-order valence-electron chi connectivity index (χ0n) is 13.1. The van der Waals surface area contributed by atoms with E-state index >= 15 is 0 Å². The Hall–Kier alpha value is -1.59. The number of rotatable bonds is 3. The van der Waals surface area contributed by atoms with Gasteiger partial charge in [0.25, 0.3) is 0 Å². The van der Waals surface area contributed by atoms with Crippen LogP contribution < -0.4 is 16.0 Å². The van der Waals surface area contributed by atoms with Crippen LogP contribution in [0.4, 0.5) is 5.69 Å². The minimum Gasteiger partial charge on any atom is -0.343 e. The summed E-state index contributed by atoms with van der Waals surface area (Å²) in [5.74, 6) is -0.402. The van der Waals surface area contributed by atoms with Gasteiger partial charge in [0.15, 0.2) is 0 Å². The highest BCUT2D eigenvalue weighted by molar-refractivity contribution is 6.30. The zero-order chi connectivity index (χ0) is 16.5. The fraction of sp³-hybridized carbons (Fsp3) is 0.500. The Morgan fingerprint density at radius 2 is 1.95 bits per heavy atom. The summed E-state index contributed by atoms with van der Waals surface area (Å²) in [4.78, 5) is 26.2. The first-order valence-electron chi connectivity index (χ1n) is 7.33. The number of anilines is 1. The minimum absolute atomic E-state index is 0.114. The number of amides is 2. The number of hydrogen-bond donors (Lipinski definition) is 2. The molecular weight excluding hydrogens is 302 g/mol. The number of nitrogens with two attached hydrogens (primary N) is 1. The summed E-state index contributed by atoms with van der Waals surface area (Å²) >= 11 is 5.86. The molecule has 120 valence electrons. The summed E-state index contributed by atoms with van der Waals surface area (Å²) < 4.78 is 0. The van der Waals surface area contributed by atoms with Crippen LogP contribution in [0.15, 0.2) is 24.3 Å².